The molecule has 0 radical (unpaired) electrons. The van der Waals surface area contributed by atoms with E-state index in [2.05, 4.69) is 9.88 Å². The number of hydrogen-bond acceptors (Lipinski definition) is 11. The maximum atomic E-state index is 13.2. The number of amides is 2. The fraction of sp³-hybridized carbons (Fsp3) is 0.308. The zero-order chi connectivity index (χ0) is 26.9. The molecule has 0 atom stereocenters. The van der Waals surface area contributed by atoms with Crippen molar-refractivity contribution >= 4 is 40.5 Å². The third kappa shape index (κ3) is 4.91. The molecule has 0 saturated carbocycles. The van der Waals surface area contributed by atoms with Crippen molar-refractivity contribution in [3.63, 3.8) is 0 Å². The number of furan rings is 1. The number of rotatable bonds is 5. The summed E-state index contributed by atoms with van der Waals surface area (Å²) in [5.74, 6) is 1.32. The first kappa shape index (κ1) is 24.6. The Labute approximate surface area is 223 Å². The largest absolute Gasteiger partial charge is 0.450 e. The van der Waals surface area contributed by atoms with E-state index in [9.17, 15) is 9.59 Å². The van der Waals surface area contributed by atoms with Crippen molar-refractivity contribution in [2.75, 3.05) is 68.0 Å². The van der Waals surface area contributed by atoms with E-state index in [4.69, 9.17) is 35.6 Å². The van der Waals surface area contributed by atoms with E-state index in [1.165, 1.54) is 0 Å². The smallest absolute Gasteiger partial charge is 0.289 e. The number of nitrogens with zero attached hydrogens (tertiary/aromatic N) is 7. The molecule has 3 aromatic heterocycles. The Morgan fingerprint density at radius 3 is 2.26 bits per heavy atom. The standard InChI is InChI=1S/C26H27N9O4/c27-20-5-4-17(15-29-20)23-30-25(32-26(31-23)35-10-12-38-13-11-35)34-8-6-33(7-9-34)24(37)19-14-16-2-1-3-18(22(28)36)21(16)39-19/h1-5,14-15H,6-13H2,(H2,27,29)(H2,28,36). The number of primary amides is 1. The highest BCUT2D eigenvalue weighted by atomic mass is 16.5. The monoisotopic (exact) mass is 529 g/mol. The van der Waals surface area contributed by atoms with Gasteiger partial charge in [-0.05, 0) is 24.3 Å². The molecule has 1 aromatic carbocycles. The molecule has 2 aliphatic heterocycles. The Hall–Kier alpha value is -4.78. The number of benzene rings is 1. The number of anilines is 3. The van der Waals surface area contributed by atoms with Gasteiger partial charge in [-0.3, -0.25) is 9.59 Å². The van der Waals surface area contributed by atoms with Crippen molar-refractivity contribution in [2.24, 2.45) is 5.73 Å². The van der Waals surface area contributed by atoms with Gasteiger partial charge < -0.3 is 35.3 Å². The van der Waals surface area contributed by atoms with Crippen LogP contribution >= 0.6 is 0 Å². The van der Waals surface area contributed by atoms with Gasteiger partial charge in [0, 0.05) is 56.4 Å². The summed E-state index contributed by atoms with van der Waals surface area (Å²) in [6.07, 6.45) is 1.64. The Balaban J connectivity index is 1.22. The number of morpholine rings is 1. The van der Waals surface area contributed by atoms with Gasteiger partial charge in [-0.1, -0.05) is 12.1 Å². The summed E-state index contributed by atoms with van der Waals surface area (Å²) >= 11 is 0. The van der Waals surface area contributed by atoms with Crippen molar-refractivity contribution < 1.29 is 18.7 Å². The lowest BCUT2D eigenvalue weighted by Crippen LogP contribution is -2.49. The van der Waals surface area contributed by atoms with Crippen LogP contribution in [-0.2, 0) is 4.74 Å². The summed E-state index contributed by atoms with van der Waals surface area (Å²) in [4.78, 5) is 49.2. The lowest BCUT2D eigenvalue weighted by atomic mass is 10.1. The average Bonchev–Trinajstić information content (AvgIpc) is 3.42. The molecule has 2 amide bonds. The molecule has 200 valence electrons. The highest BCUT2D eigenvalue weighted by Crippen LogP contribution is 2.26. The van der Waals surface area contributed by atoms with E-state index in [0.717, 1.165) is 5.56 Å². The van der Waals surface area contributed by atoms with E-state index >= 15 is 0 Å². The Morgan fingerprint density at radius 2 is 1.59 bits per heavy atom. The molecule has 0 bridgehead atoms. The quantitative estimate of drug-likeness (QED) is 0.380. The van der Waals surface area contributed by atoms with E-state index in [0.29, 0.717) is 87.0 Å². The molecule has 13 heteroatoms. The number of hydrogen-bond donors (Lipinski definition) is 2. The minimum absolute atomic E-state index is 0.167. The van der Waals surface area contributed by atoms with Gasteiger partial charge in [-0.25, -0.2) is 4.98 Å². The second-order valence-electron chi connectivity index (χ2n) is 9.31. The maximum absolute atomic E-state index is 13.2. The van der Waals surface area contributed by atoms with Crippen LogP contribution in [0.3, 0.4) is 0 Å². The van der Waals surface area contributed by atoms with Gasteiger partial charge in [0.05, 0.1) is 18.8 Å². The number of nitrogen functional groups attached to an aromatic ring is 1. The van der Waals surface area contributed by atoms with Crippen LogP contribution in [0.5, 0.6) is 0 Å². The summed E-state index contributed by atoms with van der Waals surface area (Å²) in [7, 11) is 0. The molecule has 6 rings (SSSR count). The number of ether oxygens (including phenoxy) is 1. The van der Waals surface area contributed by atoms with Crippen LogP contribution in [0.15, 0.2) is 47.0 Å². The van der Waals surface area contributed by atoms with Crippen LogP contribution in [0.4, 0.5) is 17.7 Å². The van der Waals surface area contributed by atoms with Crippen molar-refractivity contribution in [1.29, 1.82) is 0 Å². The SMILES string of the molecule is NC(=O)c1cccc2cc(C(=O)N3CCN(c4nc(-c5ccc(N)nc5)nc(N5CCOCC5)n4)CC3)oc12. The van der Waals surface area contributed by atoms with Crippen molar-refractivity contribution in [1.82, 2.24) is 24.8 Å². The van der Waals surface area contributed by atoms with Crippen LogP contribution in [0, 0.1) is 0 Å². The molecule has 2 saturated heterocycles. The summed E-state index contributed by atoms with van der Waals surface area (Å²) < 4.78 is 11.3. The molecule has 0 unspecified atom stereocenters. The number of piperazine rings is 1. The van der Waals surface area contributed by atoms with Gasteiger partial charge in [-0.15, -0.1) is 0 Å². The molecular formula is C26H27N9O4. The van der Waals surface area contributed by atoms with E-state index in [-0.39, 0.29) is 17.2 Å². The minimum Gasteiger partial charge on any atom is -0.450 e. The van der Waals surface area contributed by atoms with E-state index in [1.807, 2.05) is 11.0 Å². The van der Waals surface area contributed by atoms with E-state index in [1.54, 1.807) is 41.4 Å². The number of carbonyl (C=O) groups is 2. The molecule has 13 nitrogen and oxygen atoms in total. The predicted molar refractivity (Wildman–Crippen MR) is 143 cm³/mol. The van der Waals surface area contributed by atoms with Crippen LogP contribution < -0.4 is 21.3 Å². The zero-order valence-corrected chi connectivity index (χ0v) is 21.1. The van der Waals surface area contributed by atoms with Gasteiger partial charge in [0.15, 0.2) is 11.6 Å². The first-order chi connectivity index (χ1) is 19.0. The second-order valence-corrected chi connectivity index (χ2v) is 9.31. The number of fused-ring (bicyclic) bond motifs is 1. The summed E-state index contributed by atoms with van der Waals surface area (Å²) in [6.45, 7) is 4.48. The number of pyridine rings is 1. The molecule has 4 aromatic rings. The van der Waals surface area contributed by atoms with Crippen LogP contribution in [-0.4, -0.2) is 89.1 Å². The number of carbonyl (C=O) groups excluding carboxylic acids is 2. The highest BCUT2D eigenvalue weighted by molar-refractivity contribution is 6.06. The molecule has 4 N–H and O–H groups in total. The summed E-state index contributed by atoms with van der Waals surface area (Å²) in [5, 5.41) is 0.652. The van der Waals surface area contributed by atoms with Gasteiger partial charge in [0.25, 0.3) is 11.8 Å². The lowest BCUT2D eigenvalue weighted by molar-refractivity contribution is 0.0716. The van der Waals surface area contributed by atoms with Gasteiger partial charge in [-0.2, -0.15) is 15.0 Å². The summed E-state index contributed by atoms with van der Waals surface area (Å²) in [6, 6.07) is 10.3. The fourth-order valence-electron chi connectivity index (χ4n) is 4.69. The van der Waals surface area contributed by atoms with Gasteiger partial charge >= 0.3 is 0 Å². The third-order valence-corrected chi connectivity index (χ3v) is 6.82. The molecule has 2 fully saturated rings. The van der Waals surface area contributed by atoms with Crippen molar-refractivity contribution in [3.8, 4) is 11.4 Å². The molecule has 0 spiro atoms. The van der Waals surface area contributed by atoms with Crippen molar-refractivity contribution in [2.45, 2.75) is 0 Å². The molecule has 2 aliphatic rings. The number of aromatic nitrogens is 4. The van der Waals surface area contributed by atoms with Gasteiger partial charge in [0.2, 0.25) is 11.9 Å². The molecule has 5 heterocycles. The van der Waals surface area contributed by atoms with Crippen molar-refractivity contribution in [3.05, 3.63) is 53.9 Å². The first-order valence-corrected chi connectivity index (χ1v) is 12.6. The molecule has 0 aliphatic carbocycles. The highest BCUT2D eigenvalue weighted by Gasteiger charge is 2.28. The normalized spacial score (nSPS) is 16.1. The third-order valence-electron chi connectivity index (χ3n) is 6.82. The molecular weight excluding hydrogens is 502 g/mol. The maximum Gasteiger partial charge on any atom is 0.289 e. The molecule has 39 heavy (non-hydrogen) atoms. The Morgan fingerprint density at radius 1 is 0.872 bits per heavy atom. The number of nitrogens with two attached hydrogens (primary N) is 2. The average molecular weight is 530 g/mol. The first-order valence-electron chi connectivity index (χ1n) is 12.6. The summed E-state index contributed by atoms with van der Waals surface area (Å²) in [5.41, 5.74) is 12.5. The topological polar surface area (TPSA) is 170 Å². The lowest BCUT2D eigenvalue weighted by Gasteiger charge is -2.35. The van der Waals surface area contributed by atoms with Gasteiger partial charge in [0.1, 0.15) is 11.4 Å². The van der Waals surface area contributed by atoms with Crippen LogP contribution in [0.2, 0.25) is 0 Å². The fourth-order valence-corrected chi connectivity index (χ4v) is 4.69. The minimum atomic E-state index is -0.606. The second kappa shape index (κ2) is 10.2. The zero-order valence-electron chi connectivity index (χ0n) is 21.1. The Kier molecular flexibility index (Phi) is 6.40. The Bertz CT molecular complexity index is 1520. The van der Waals surface area contributed by atoms with Crippen LogP contribution in [0.25, 0.3) is 22.4 Å². The van der Waals surface area contributed by atoms with E-state index < -0.39 is 5.91 Å². The predicted octanol–water partition coefficient (Wildman–Crippen LogP) is 1.16. The van der Waals surface area contributed by atoms with Crippen LogP contribution in [0.1, 0.15) is 20.9 Å². The number of para-hydroxylation sites is 1.